The summed E-state index contributed by atoms with van der Waals surface area (Å²) in [6, 6.07) is 8.08. The average Bonchev–Trinajstić information content (AvgIpc) is 2.95. The third kappa shape index (κ3) is 2.58. The Kier molecular flexibility index (Phi) is 3.80. The minimum atomic E-state index is -0.00665. The number of urea groups is 1. The number of carbonyl (C=O) groups excluding carboxylic acids is 1. The van der Waals surface area contributed by atoms with E-state index in [-0.39, 0.29) is 18.1 Å². The zero-order valence-electron chi connectivity index (χ0n) is 13.6. The number of aromatic nitrogens is 2. The van der Waals surface area contributed by atoms with Crippen molar-refractivity contribution in [2.24, 2.45) is 0 Å². The van der Waals surface area contributed by atoms with Crippen LogP contribution in [-0.2, 0) is 13.0 Å². The number of rotatable bonds is 3. The summed E-state index contributed by atoms with van der Waals surface area (Å²) < 4.78 is 5.15. The molecular formula is C18H20N4O2. The zero-order chi connectivity index (χ0) is 16.5. The monoisotopic (exact) mass is 324 g/mol. The number of ether oxygens (including phenoxy) is 1. The second kappa shape index (κ2) is 6.11. The first-order valence-electron chi connectivity index (χ1n) is 8.24. The van der Waals surface area contributed by atoms with Crippen LogP contribution >= 0.6 is 0 Å². The molecule has 2 amide bonds. The molecule has 6 nitrogen and oxygen atoms in total. The topological polar surface area (TPSA) is 67.3 Å². The predicted molar refractivity (Wildman–Crippen MR) is 88.6 cm³/mol. The van der Waals surface area contributed by atoms with Crippen LogP contribution < -0.4 is 10.1 Å². The van der Waals surface area contributed by atoms with E-state index < -0.39 is 0 Å². The Morgan fingerprint density at radius 3 is 2.96 bits per heavy atom. The molecule has 124 valence electrons. The second-order valence-corrected chi connectivity index (χ2v) is 6.29. The van der Waals surface area contributed by atoms with Crippen LogP contribution in [0.5, 0.6) is 5.75 Å². The Morgan fingerprint density at radius 2 is 2.17 bits per heavy atom. The van der Waals surface area contributed by atoms with Gasteiger partial charge in [0.2, 0.25) is 0 Å². The van der Waals surface area contributed by atoms with Crippen molar-refractivity contribution in [1.29, 1.82) is 0 Å². The fourth-order valence-electron chi connectivity index (χ4n) is 3.75. The molecule has 0 saturated carbocycles. The lowest BCUT2D eigenvalue weighted by atomic mass is 10.00. The molecule has 24 heavy (non-hydrogen) atoms. The summed E-state index contributed by atoms with van der Waals surface area (Å²) >= 11 is 0. The van der Waals surface area contributed by atoms with E-state index in [0.29, 0.717) is 6.54 Å². The summed E-state index contributed by atoms with van der Waals surface area (Å²) in [6.07, 6.45) is 6.29. The highest BCUT2D eigenvalue weighted by Gasteiger charge is 2.43. The average molecular weight is 324 g/mol. The van der Waals surface area contributed by atoms with Gasteiger partial charge in [-0.15, -0.1) is 0 Å². The minimum Gasteiger partial charge on any atom is -0.497 e. The Hall–Kier alpha value is -2.63. The first-order valence-corrected chi connectivity index (χ1v) is 8.24. The van der Waals surface area contributed by atoms with E-state index in [1.807, 2.05) is 35.4 Å². The Morgan fingerprint density at radius 1 is 1.33 bits per heavy atom. The van der Waals surface area contributed by atoms with Gasteiger partial charge in [-0.25, -0.2) is 14.8 Å². The van der Waals surface area contributed by atoms with Gasteiger partial charge in [-0.05, 0) is 30.5 Å². The number of fused-ring (bicyclic) bond motifs is 4. The molecule has 2 atom stereocenters. The summed E-state index contributed by atoms with van der Waals surface area (Å²) in [5.74, 6) is 0.816. The van der Waals surface area contributed by atoms with Crippen molar-refractivity contribution in [2.45, 2.75) is 37.9 Å². The largest absolute Gasteiger partial charge is 0.497 e. The summed E-state index contributed by atoms with van der Waals surface area (Å²) in [6.45, 7) is 0.511. The van der Waals surface area contributed by atoms with Crippen molar-refractivity contribution in [3.05, 3.63) is 53.6 Å². The van der Waals surface area contributed by atoms with E-state index >= 15 is 0 Å². The van der Waals surface area contributed by atoms with E-state index in [4.69, 9.17) is 4.74 Å². The maximum Gasteiger partial charge on any atom is 0.318 e. The van der Waals surface area contributed by atoms with E-state index in [0.717, 1.165) is 41.8 Å². The van der Waals surface area contributed by atoms with Gasteiger partial charge in [-0.1, -0.05) is 12.1 Å². The fourth-order valence-corrected chi connectivity index (χ4v) is 3.75. The van der Waals surface area contributed by atoms with Crippen LogP contribution in [0.3, 0.4) is 0 Å². The molecule has 1 fully saturated rings. The number of hydrogen-bond acceptors (Lipinski definition) is 4. The normalized spacial score (nSPS) is 21.3. The van der Waals surface area contributed by atoms with Crippen molar-refractivity contribution in [3.63, 3.8) is 0 Å². The Labute approximate surface area is 140 Å². The molecule has 3 heterocycles. The lowest BCUT2D eigenvalue weighted by molar-refractivity contribution is 0.164. The second-order valence-electron chi connectivity index (χ2n) is 6.29. The van der Waals surface area contributed by atoms with Gasteiger partial charge in [0.15, 0.2) is 0 Å². The van der Waals surface area contributed by atoms with Gasteiger partial charge >= 0.3 is 6.03 Å². The van der Waals surface area contributed by atoms with Crippen molar-refractivity contribution >= 4 is 6.03 Å². The zero-order valence-corrected chi connectivity index (χ0v) is 13.6. The van der Waals surface area contributed by atoms with Gasteiger partial charge in [0, 0.05) is 30.8 Å². The van der Waals surface area contributed by atoms with Crippen LogP contribution in [0.25, 0.3) is 0 Å². The quantitative estimate of drug-likeness (QED) is 0.942. The smallest absolute Gasteiger partial charge is 0.318 e. The minimum absolute atomic E-state index is 0.00665. The maximum atomic E-state index is 12.7. The Balaban J connectivity index is 1.45. The first kappa shape index (κ1) is 14.9. The Bertz CT molecular complexity index is 747. The van der Waals surface area contributed by atoms with E-state index in [2.05, 4.69) is 15.3 Å². The van der Waals surface area contributed by atoms with Crippen molar-refractivity contribution in [1.82, 2.24) is 20.2 Å². The standard InChI is InChI=1S/C18H20N4O2/c1-24-14-5-2-12(3-6-14)9-20-18(23)22-13-4-7-17(22)15-10-19-11-21-16(15)8-13/h2-3,5-6,10-11,13,17H,4,7-9H2,1H3,(H,20,23)/t13-,17+/m0/s1. The molecule has 2 aliphatic heterocycles. The molecular weight excluding hydrogens is 304 g/mol. The highest BCUT2D eigenvalue weighted by Crippen LogP contribution is 2.42. The van der Waals surface area contributed by atoms with Gasteiger partial charge in [0.1, 0.15) is 12.1 Å². The molecule has 0 aliphatic carbocycles. The molecule has 0 radical (unpaired) electrons. The van der Waals surface area contributed by atoms with E-state index in [1.54, 1.807) is 13.4 Å². The third-order valence-electron chi connectivity index (χ3n) is 4.95. The maximum absolute atomic E-state index is 12.7. The molecule has 0 spiro atoms. The van der Waals surface area contributed by atoms with Gasteiger partial charge in [0.25, 0.3) is 0 Å². The summed E-state index contributed by atoms with van der Waals surface area (Å²) in [7, 11) is 1.64. The van der Waals surface area contributed by atoms with Gasteiger partial charge in [-0.3, -0.25) is 0 Å². The summed E-state index contributed by atoms with van der Waals surface area (Å²) in [5.41, 5.74) is 3.25. The van der Waals surface area contributed by atoms with Crippen LogP contribution in [0.4, 0.5) is 4.79 Å². The molecule has 0 unspecified atom stereocenters. The number of carbonyl (C=O) groups is 1. The molecule has 2 aromatic rings. The molecule has 1 saturated heterocycles. The first-order chi connectivity index (χ1) is 11.8. The van der Waals surface area contributed by atoms with Gasteiger partial charge in [0.05, 0.1) is 18.8 Å². The van der Waals surface area contributed by atoms with Gasteiger partial charge in [-0.2, -0.15) is 0 Å². The molecule has 6 heteroatoms. The highest BCUT2D eigenvalue weighted by atomic mass is 16.5. The van der Waals surface area contributed by atoms with Crippen LogP contribution in [0.2, 0.25) is 0 Å². The van der Waals surface area contributed by atoms with Crippen LogP contribution in [-0.4, -0.2) is 34.1 Å². The third-order valence-corrected chi connectivity index (χ3v) is 4.95. The molecule has 1 aromatic carbocycles. The number of benzene rings is 1. The van der Waals surface area contributed by atoms with Gasteiger partial charge < -0.3 is 15.0 Å². The number of methoxy groups -OCH3 is 1. The lowest BCUT2D eigenvalue weighted by Gasteiger charge is -2.35. The van der Waals surface area contributed by atoms with E-state index in [9.17, 15) is 4.79 Å². The van der Waals surface area contributed by atoms with Crippen molar-refractivity contribution in [3.8, 4) is 5.75 Å². The van der Waals surface area contributed by atoms with Crippen LogP contribution in [0.15, 0.2) is 36.8 Å². The number of nitrogens with one attached hydrogen (secondary N) is 1. The molecule has 1 N–H and O–H groups in total. The molecule has 2 bridgehead atoms. The highest BCUT2D eigenvalue weighted by molar-refractivity contribution is 5.76. The summed E-state index contributed by atoms with van der Waals surface area (Å²) in [5, 5.41) is 3.04. The van der Waals surface area contributed by atoms with Crippen molar-refractivity contribution < 1.29 is 9.53 Å². The lowest BCUT2D eigenvalue weighted by Crippen LogP contribution is -2.47. The summed E-state index contributed by atoms with van der Waals surface area (Å²) in [4.78, 5) is 23.2. The van der Waals surface area contributed by atoms with Crippen molar-refractivity contribution in [2.75, 3.05) is 7.11 Å². The molecule has 4 rings (SSSR count). The van der Waals surface area contributed by atoms with Crippen LogP contribution in [0.1, 0.15) is 35.7 Å². The SMILES string of the molecule is COc1ccc(CNC(=O)N2[C@H]3CC[C@@H]2c2cncnc2C3)cc1. The number of amides is 2. The number of hydrogen-bond donors (Lipinski definition) is 1. The molecule has 2 aliphatic rings. The predicted octanol–water partition coefficient (Wildman–Crippen LogP) is 2.46. The number of nitrogens with zero attached hydrogens (tertiary/aromatic N) is 3. The molecule has 1 aromatic heterocycles. The van der Waals surface area contributed by atoms with E-state index in [1.165, 1.54) is 0 Å². The fraction of sp³-hybridized carbons (Fsp3) is 0.389. The van der Waals surface area contributed by atoms with Crippen LogP contribution in [0, 0.1) is 0 Å².